The first-order chi connectivity index (χ1) is 21.4. The summed E-state index contributed by atoms with van der Waals surface area (Å²) >= 11 is 3.33. The van der Waals surface area contributed by atoms with E-state index in [4.69, 9.17) is 0 Å². The van der Waals surface area contributed by atoms with Gasteiger partial charge in [-0.15, -0.1) is 11.3 Å². The van der Waals surface area contributed by atoms with Gasteiger partial charge in [0.1, 0.15) is 0 Å². The van der Waals surface area contributed by atoms with Gasteiger partial charge in [-0.2, -0.15) is 0 Å². The van der Waals surface area contributed by atoms with Gasteiger partial charge in [0, 0.05) is 40.9 Å². The summed E-state index contributed by atoms with van der Waals surface area (Å²) in [4.78, 5) is 3.37. The second kappa shape index (κ2) is 9.31. The largest absolute Gasteiger partial charge is 0.203 e. The van der Waals surface area contributed by atoms with Gasteiger partial charge in [0.2, 0.25) is 0 Å². The summed E-state index contributed by atoms with van der Waals surface area (Å²) in [6.07, 6.45) is 3.24. The van der Waals surface area contributed by atoms with Crippen molar-refractivity contribution < 1.29 is 17.6 Å². The number of thioether (sulfide) groups is 1. The van der Waals surface area contributed by atoms with E-state index in [0.29, 0.717) is 16.2 Å². The maximum Gasteiger partial charge on any atom is 0.198 e. The van der Waals surface area contributed by atoms with E-state index in [1.54, 1.807) is 35.2 Å². The molecule has 2 heterocycles. The Balaban J connectivity index is 1.22. The lowest BCUT2D eigenvalue weighted by molar-refractivity contribution is 0.418. The van der Waals surface area contributed by atoms with Crippen LogP contribution in [0.5, 0.6) is 0 Å². The second-order valence-electron chi connectivity index (χ2n) is 11.2. The Kier molecular flexibility index (Phi) is 5.51. The maximum absolute atomic E-state index is 15.0. The Morgan fingerprint density at radius 3 is 2.07 bits per heavy atom. The number of hydrogen-bond acceptors (Lipinski definition) is 2. The SMILES string of the molecule is CCc1ccc(-c2ccc3c4c(cccc24)SC(c2cc4ccc5c6c(F)c(F)c(F)c(F)c6c6ccc(s2)c4c56)=C3)cc1. The van der Waals surface area contributed by atoms with Gasteiger partial charge in [0.25, 0.3) is 0 Å². The van der Waals surface area contributed by atoms with E-state index in [1.165, 1.54) is 32.4 Å². The molecule has 7 aromatic carbocycles. The molecule has 0 nitrogen and oxygen atoms in total. The highest BCUT2D eigenvalue weighted by Gasteiger charge is 2.27. The average molecular weight is 617 g/mol. The second-order valence-corrected chi connectivity index (χ2v) is 13.4. The first kappa shape index (κ1) is 26.1. The van der Waals surface area contributed by atoms with Crippen molar-refractivity contribution in [1.29, 1.82) is 0 Å². The Labute approximate surface area is 257 Å². The fourth-order valence-electron chi connectivity index (χ4n) is 6.85. The van der Waals surface area contributed by atoms with E-state index in [9.17, 15) is 17.6 Å². The molecule has 8 aromatic rings. The Hall–Kier alpha value is -4.39. The Morgan fingerprint density at radius 1 is 0.614 bits per heavy atom. The number of aryl methyl sites for hydroxylation is 1. The van der Waals surface area contributed by atoms with Crippen molar-refractivity contribution in [3.63, 3.8) is 0 Å². The van der Waals surface area contributed by atoms with Crippen LogP contribution in [0.15, 0.2) is 89.8 Å². The highest BCUT2D eigenvalue weighted by molar-refractivity contribution is 8.09. The summed E-state index contributed by atoms with van der Waals surface area (Å²) in [6, 6.07) is 28.8. The lowest BCUT2D eigenvalue weighted by Crippen LogP contribution is -1.96. The van der Waals surface area contributed by atoms with E-state index in [-0.39, 0.29) is 10.8 Å². The van der Waals surface area contributed by atoms with Crippen molar-refractivity contribution in [2.45, 2.75) is 18.2 Å². The van der Waals surface area contributed by atoms with Gasteiger partial charge < -0.3 is 0 Å². The van der Waals surface area contributed by atoms with Crippen LogP contribution in [0.2, 0.25) is 0 Å². The standard InChI is InChI=1S/C38H20F4S2/c1-2-18-6-8-19(9-7-18)22-12-10-20-16-28(43-26-5-3-4-23(22)30(20)26)29-17-21-11-13-24-32-25(14-15-27(44-29)31(21)32)34-33(24)35(39)37(41)38(42)36(34)40/h3-17H,2H2,1H3. The molecule has 44 heavy (non-hydrogen) atoms. The molecule has 1 aromatic heterocycles. The van der Waals surface area contributed by atoms with Gasteiger partial charge in [-0.25, -0.2) is 17.6 Å². The zero-order chi connectivity index (χ0) is 29.9. The lowest BCUT2D eigenvalue weighted by atomic mass is 9.94. The first-order valence-electron chi connectivity index (χ1n) is 14.3. The molecule has 0 saturated carbocycles. The summed E-state index contributed by atoms with van der Waals surface area (Å²) in [5, 5.41) is 5.17. The Morgan fingerprint density at radius 2 is 1.34 bits per heavy atom. The molecule has 0 bridgehead atoms. The number of hydrogen-bond donors (Lipinski definition) is 0. The molecular formula is C38H20F4S2. The van der Waals surface area contributed by atoms with Crippen molar-refractivity contribution in [3.05, 3.63) is 124 Å². The minimum Gasteiger partial charge on any atom is -0.203 e. The highest BCUT2D eigenvalue weighted by atomic mass is 32.2. The fraction of sp³-hybridized carbons (Fsp3) is 0.0526. The van der Waals surface area contributed by atoms with Crippen LogP contribution in [0.25, 0.3) is 75.3 Å². The molecule has 0 radical (unpaired) electrons. The average Bonchev–Trinajstić information content (AvgIpc) is 3.41. The third kappa shape index (κ3) is 3.47. The number of rotatable bonds is 3. The van der Waals surface area contributed by atoms with Crippen LogP contribution < -0.4 is 0 Å². The smallest absolute Gasteiger partial charge is 0.198 e. The number of benzene rings is 6. The van der Waals surface area contributed by atoms with E-state index >= 15 is 0 Å². The molecule has 0 saturated heterocycles. The van der Waals surface area contributed by atoms with Gasteiger partial charge in [0.15, 0.2) is 23.3 Å². The predicted octanol–water partition coefficient (Wildman–Crippen LogP) is 12.3. The molecule has 0 aliphatic carbocycles. The molecule has 1 aliphatic heterocycles. The van der Waals surface area contributed by atoms with Gasteiger partial charge in [-0.05, 0) is 79.9 Å². The molecule has 1 aliphatic rings. The molecule has 212 valence electrons. The van der Waals surface area contributed by atoms with Gasteiger partial charge in [-0.1, -0.05) is 85.4 Å². The zero-order valence-electron chi connectivity index (χ0n) is 23.2. The number of fused-ring (bicyclic) bond motifs is 3. The van der Waals surface area contributed by atoms with E-state index in [0.717, 1.165) is 37.2 Å². The van der Waals surface area contributed by atoms with Crippen molar-refractivity contribution >= 4 is 87.3 Å². The van der Waals surface area contributed by atoms with Crippen LogP contribution in [-0.2, 0) is 6.42 Å². The summed E-state index contributed by atoms with van der Waals surface area (Å²) in [6.45, 7) is 2.16. The van der Waals surface area contributed by atoms with E-state index in [2.05, 4.69) is 73.7 Å². The molecule has 0 unspecified atom stereocenters. The summed E-state index contributed by atoms with van der Waals surface area (Å²) in [7, 11) is 0. The predicted molar refractivity (Wildman–Crippen MR) is 178 cm³/mol. The van der Waals surface area contributed by atoms with Crippen molar-refractivity contribution in [3.8, 4) is 11.1 Å². The van der Waals surface area contributed by atoms with Gasteiger partial charge in [0.05, 0.1) is 0 Å². The molecule has 0 amide bonds. The van der Waals surface area contributed by atoms with Crippen LogP contribution in [0.4, 0.5) is 17.6 Å². The highest BCUT2D eigenvalue weighted by Crippen LogP contribution is 2.51. The van der Waals surface area contributed by atoms with Crippen LogP contribution in [-0.4, -0.2) is 0 Å². The van der Waals surface area contributed by atoms with Crippen LogP contribution in [0, 0.1) is 23.3 Å². The third-order valence-electron chi connectivity index (χ3n) is 8.92. The molecule has 0 spiro atoms. The summed E-state index contributed by atoms with van der Waals surface area (Å²) < 4.78 is 59.4. The van der Waals surface area contributed by atoms with Crippen LogP contribution >= 0.6 is 23.1 Å². The van der Waals surface area contributed by atoms with Crippen molar-refractivity contribution in [1.82, 2.24) is 0 Å². The molecule has 0 N–H and O–H groups in total. The monoisotopic (exact) mass is 616 g/mol. The first-order valence-corrected chi connectivity index (χ1v) is 16.0. The molecule has 0 atom stereocenters. The fourth-order valence-corrected chi connectivity index (χ4v) is 9.20. The summed E-state index contributed by atoms with van der Waals surface area (Å²) in [5.74, 6) is -6.28. The molecule has 0 fully saturated rings. The van der Waals surface area contributed by atoms with E-state index in [1.807, 2.05) is 12.1 Å². The van der Waals surface area contributed by atoms with Crippen LogP contribution in [0.3, 0.4) is 0 Å². The normalized spacial score (nSPS) is 13.2. The van der Waals surface area contributed by atoms with E-state index < -0.39 is 23.3 Å². The quantitative estimate of drug-likeness (QED) is 0.108. The van der Waals surface area contributed by atoms with Gasteiger partial charge >= 0.3 is 0 Å². The third-order valence-corrected chi connectivity index (χ3v) is 11.3. The van der Waals surface area contributed by atoms with Crippen molar-refractivity contribution in [2.24, 2.45) is 0 Å². The number of halogens is 4. The Bertz CT molecular complexity index is 2450. The van der Waals surface area contributed by atoms with Gasteiger partial charge in [-0.3, -0.25) is 0 Å². The minimum absolute atomic E-state index is 0.212. The molecule has 9 rings (SSSR count). The zero-order valence-corrected chi connectivity index (χ0v) is 24.8. The molecule has 6 heteroatoms. The van der Waals surface area contributed by atoms with Crippen LogP contribution in [0.1, 0.15) is 22.9 Å². The lowest BCUT2D eigenvalue weighted by Gasteiger charge is -2.20. The minimum atomic E-state index is -1.78. The summed E-state index contributed by atoms with van der Waals surface area (Å²) in [5.41, 5.74) is 4.88. The topological polar surface area (TPSA) is 0 Å². The van der Waals surface area contributed by atoms with Crippen molar-refractivity contribution in [2.75, 3.05) is 0 Å². The maximum atomic E-state index is 15.0. The molecular weight excluding hydrogens is 597 g/mol.